The van der Waals surface area contributed by atoms with E-state index in [0.29, 0.717) is 5.56 Å². The van der Waals surface area contributed by atoms with Crippen LogP contribution in [0.2, 0.25) is 0 Å². The molecule has 0 saturated carbocycles. The molecule has 0 unspecified atom stereocenters. The highest BCUT2D eigenvalue weighted by Gasteiger charge is 2.02. The number of nitrogens with zero attached hydrogens (tertiary/aromatic N) is 2. The molecule has 1 aromatic rings. The Morgan fingerprint density at radius 1 is 1.47 bits per heavy atom. The number of hydrogen-bond donors (Lipinski definition) is 1. The molecule has 0 atom stereocenters. The van der Waals surface area contributed by atoms with Crippen molar-refractivity contribution in [3.8, 4) is 0 Å². The van der Waals surface area contributed by atoms with Crippen molar-refractivity contribution in [3.05, 3.63) is 35.4 Å². The van der Waals surface area contributed by atoms with E-state index < -0.39 is 17.7 Å². The number of hydrogen-bond acceptors (Lipinski definition) is 2. The van der Waals surface area contributed by atoms with Crippen LogP contribution in [0.1, 0.15) is 5.56 Å². The zero-order valence-electron chi connectivity index (χ0n) is 7.95. The first-order valence-electron chi connectivity index (χ1n) is 4.03. The van der Waals surface area contributed by atoms with Gasteiger partial charge in [0.2, 0.25) is 0 Å². The zero-order valence-corrected chi connectivity index (χ0v) is 7.95. The summed E-state index contributed by atoms with van der Waals surface area (Å²) in [5.41, 5.74) is 5.23. The van der Waals surface area contributed by atoms with Gasteiger partial charge < -0.3 is 5.73 Å². The first-order valence-corrected chi connectivity index (χ1v) is 4.03. The Bertz CT molecular complexity index is 406. The summed E-state index contributed by atoms with van der Waals surface area (Å²) in [7, 11) is 1.35. The maximum Gasteiger partial charge on any atom is 0.334 e. The molecule has 0 heterocycles. The molecule has 0 saturated heterocycles. The molecule has 1 aromatic carbocycles. The lowest BCUT2D eigenvalue weighted by Crippen LogP contribution is -2.27. The number of carbonyl (C=O) groups excluding carboxylic acids is 1. The van der Waals surface area contributed by atoms with Crippen molar-refractivity contribution < 1.29 is 13.6 Å². The SMILES string of the molecule is CN(N=Cc1ccc(F)c(F)c1)C(N)=O. The second-order valence-corrected chi connectivity index (χ2v) is 2.78. The molecule has 0 fully saturated rings. The van der Waals surface area contributed by atoms with E-state index in [9.17, 15) is 13.6 Å². The quantitative estimate of drug-likeness (QED) is 0.584. The molecule has 0 spiro atoms. The number of primary amides is 1. The molecule has 0 aliphatic heterocycles. The third-order valence-corrected chi connectivity index (χ3v) is 1.64. The molecule has 0 aliphatic carbocycles. The van der Waals surface area contributed by atoms with Crippen molar-refractivity contribution >= 4 is 12.2 Å². The van der Waals surface area contributed by atoms with Crippen LogP contribution in [0.5, 0.6) is 0 Å². The second-order valence-electron chi connectivity index (χ2n) is 2.78. The van der Waals surface area contributed by atoms with Gasteiger partial charge in [0.05, 0.1) is 6.21 Å². The number of amides is 2. The molecule has 2 N–H and O–H groups in total. The fraction of sp³-hybridized carbons (Fsp3) is 0.111. The number of carbonyl (C=O) groups is 1. The van der Waals surface area contributed by atoms with Crippen molar-refractivity contribution in [1.82, 2.24) is 5.01 Å². The maximum atomic E-state index is 12.7. The van der Waals surface area contributed by atoms with Crippen molar-refractivity contribution in [2.45, 2.75) is 0 Å². The lowest BCUT2D eigenvalue weighted by Gasteiger charge is -2.05. The molecular weight excluding hydrogens is 204 g/mol. The molecule has 1 rings (SSSR count). The average Bonchev–Trinajstić information content (AvgIpc) is 2.19. The van der Waals surface area contributed by atoms with Crippen LogP contribution in [0.4, 0.5) is 13.6 Å². The number of benzene rings is 1. The third-order valence-electron chi connectivity index (χ3n) is 1.64. The summed E-state index contributed by atoms with van der Waals surface area (Å²) < 4.78 is 25.2. The Balaban J connectivity index is 2.81. The normalized spacial score (nSPS) is 10.6. The molecule has 2 amide bonds. The number of urea groups is 1. The van der Waals surface area contributed by atoms with Gasteiger partial charge in [0.15, 0.2) is 11.6 Å². The van der Waals surface area contributed by atoms with E-state index in [-0.39, 0.29) is 0 Å². The van der Waals surface area contributed by atoms with Crippen LogP contribution >= 0.6 is 0 Å². The lowest BCUT2D eigenvalue weighted by molar-refractivity contribution is 0.220. The first-order chi connectivity index (χ1) is 7.00. The van der Waals surface area contributed by atoms with Crippen LogP contribution in [0.3, 0.4) is 0 Å². The Hall–Kier alpha value is -1.98. The van der Waals surface area contributed by atoms with Crippen LogP contribution < -0.4 is 5.73 Å². The lowest BCUT2D eigenvalue weighted by atomic mass is 10.2. The van der Waals surface area contributed by atoms with Gasteiger partial charge in [0, 0.05) is 7.05 Å². The van der Waals surface area contributed by atoms with Crippen LogP contribution in [-0.2, 0) is 0 Å². The van der Waals surface area contributed by atoms with E-state index in [1.807, 2.05) is 0 Å². The van der Waals surface area contributed by atoms with Gasteiger partial charge in [0.25, 0.3) is 0 Å². The van der Waals surface area contributed by atoms with E-state index in [4.69, 9.17) is 5.73 Å². The molecule has 80 valence electrons. The van der Waals surface area contributed by atoms with Crippen molar-refractivity contribution in [2.24, 2.45) is 10.8 Å². The molecule has 0 aromatic heterocycles. The summed E-state index contributed by atoms with van der Waals surface area (Å²) in [5.74, 6) is -1.91. The minimum Gasteiger partial charge on any atom is -0.350 e. The third kappa shape index (κ3) is 3.01. The number of nitrogens with two attached hydrogens (primary N) is 1. The predicted molar refractivity (Wildman–Crippen MR) is 51.3 cm³/mol. The Kier molecular flexibility index (Phi) is 3.33. The second kappa shape index (κ2) is 4.50. The number of hydrazone groups is 1. The van der Waals surface area contributed by atoms with Crippen LogP contribution in [0.15, 0.2) is 23.3 Å². The number of rotatable bonds is 2. The van der Waals surface area contributed by atoms with Crippen LogP contribution in [0.25, 0.3) is 0 Å². The van der Waals surface area contributed by atoms with Gasteiger partial charge in [-0.15, -0.1) is 0 Å². The van der Waals surface area contributed by atoms with Gasteiger partial charge in [-0.1, -0.05) is 6.07 Å². The van der Waals surface area contributed by atoms with Gasteiger partial charge >= 0.3 is 6.03 Å². The summed E-state index contributed by atoms with van der Waals surface area (Å²) in [5, 5.41) is 4.49. The monoisotopic (exact) mass is 213 g/mol. The van der Waals surface area contributed by atoms with Gasteiger partial charge in [-0.3, -0.25) is 0 Å². The summed E-state index contributed by atoms with van der Waals surface area (Å²) in [4.78, 5) is 10.5. The van der Waals surface area contributed by atoms with E-state index in [0.717, 1.165) is 17.1 Å². The summed E-state index contributed by atoms with van der Waals surface area (Å²) in [6, 6.07) is 2.53. The molecular formula is C9H9F2N3O. The Morgan fingerprint density at radius 2 is 2.13 bits per heavy atom. The molecule has 6 heteroatoms. The van der Waals surface area contributed by atoms with E-state index in [1.54, 1.807) is 0 Å². The van der Waals surface area contributed by atoms with E-state index in [1.165, 1.54) is 19.3 Å². The highest BCUT2D eigenvalue weighted by atomic mass is 19.2. The molecule has 0 radical (unpaired) electrons. The minimum absolute atomic E-state index is 0.335. The van der Waals surface area contributed by atoms with Crippen LogP contribution in [0, 0.1) is 11.6 Å². The number of halogens is 2. The average molecular weight is 213 g/mol. The van der Waals surface area contributed by atoms with Crippen molar-refractivity contribution in [2.75, 3.05) is 7.05 Å². The summed E-state index contributed by atoms with van der Waals surface area (Å²) in [6.07, 6.45) is 1.20. The summed E-state index contributed by atoms with van der Waals surface area (Å²) >= 11 is 0. The fourth-order valence-electron chi connectivity index (χ4n) is 0.803. The van der Waals surface area contributed by atoms with E-state index in [2.05, 4.69) is 5.10 Å². The Labute approximate surface area is 85.0 Å². The largest absolute Gasteiger partial charge is 0.350 e. The van der Waals surface area contributed by atoms with Gasteiger partial charge in [0.1, 0.15) is 0 Å². The topological polar surface area (TPSA) is 58.7 Å². The maximum absolute atomic E-state index is 12.7. The standard InChI is InChI=1S/C9H9F2N3O/c1-14(9(12)15)13-5-6-2-3-7(10)8(11)4-6/h2-5H,1H3,(H2,12,15). The molecule has 0 bridgehead atoms. The molecule has 15 heavy (non-hydrogen) atoms. The fourth-order valence-corrected chi connectivity index (χ4v) is 0.803. The van der Waals surface area contributed by atoms with Gasteiger partial charge in [-0.25, -0.2) is 18.6 Å². The minimum atomic E-state index is -0.972. The molecule has 0 aliphatic rings. The Morgan fingerprint density at radius 3 is 2.67 bits per heavy atom. The van der Waals surface area contributed by atoms with Crippen LogP contribution in [-0.4, -0.2) is 24.3 Å². The van der Waals surface area contributed by atoms with Gasteiger partial charge in [-0.2, -0.15) is 5.10 Å². The highest BCUT2D eigenvalue weighted by Crippen LogP contribution is 2.06. The zero-order chi connectivity index (χ0) is 11.4. The smallest absolute Gasteiger partial charge is 0.334 e. The predicted octanol–water partition coefficient (Wildman–Crippen LogP) is 1.31. The first kappa shape index (κ1) is 11.1. The van der Waals surface area contributed by atoms with Crippen molar-refractivity contribution in [3.63, 3.8) is 0 Å². The molecule has 4 nitrogen and oxygen atoms in total. The highest BCUT2D eigenvalue weighted by molar-refractivity contribution is 5.81. The van der Waals surface area contributed by atoms with E-state index >= 15 is 0 Å². The van der Waals surface area contributed by atoms with Crippen molar-refractivity contribution in [1.29, 1.82) is 0 Å². The summed E-state index contributed by atoms with van der Waals surface area (Å²) in [6.45, 7) is 0. The van der Waals surface area contributed by atoms with Gasteiger partial charge in [-0.05, 0) is 17.7 Å².